The van der Waals surface area contributed by atoms with E-state index in [1.807, 2.05) is 6.26 Å². The van der Waals surface area contributed by atoms with Crippen LogP contribution < -0.4 is 10.7 Å². The molecule has 0 bridgehead atoms. The molecule has 0 radical (unpaired) electrons. The first-order chi connectivity index (χ1) is 14.8. The molecule has 0 saturated heterocycles. The van der Waals surface area contributed by atoms with Gasteiger partial charge in [-0.15, -0.1) is 0 Å². The molecule has 0 atom stereocenters. The monoisotopic (exact) mass is 457 g/mol. The van der Waals surface area contributed by atoms with Crippen LogP contribution in [0, 0.1) is 5.82 Å². The lowest BCUT2D eigenvalue weighted by molar-refractivity contribution is 0.569. The molecule has 0 amide bonds. The van der Waals surface area contributed by atoms with Gasteiger partial charge >= 0.3 is 0 Å². The third-order valence-electron chi connectivity index (χ3n) is 4.59. The molecule has 0 spiro atoms. The van der Waals surface area contributed by atoms with Crippen molar-refractivity contribution in [2.75, 3.05) is 6.26 Å². The van der Waals surface area contributed by atoms with E-state index in [0.29, 0.717) is 16.4 Å². The fourth-order valence-electron chi connectivity index (χ4n) is 3.10. The van der Waals surface area contributed by atoms with Crippen molar-refractivity contribution in [3.8, 4) is 11.3 Å². The second-order valence-corrected chi connectivity index (χ2v) is 8.91. The minimum atomic E-state index is -4.20. The van der Waals surface area contributed by atoms with E-state index in [9.17, 15) is 17.6 Å². The van der Waals surface area contributed by atoms with E-state index >= 15 is 0 Å². The number of nitrogens with two attached hydrogens (primary N) is 1. The van der Waals surface area contributed by atoms with E-state index < -0.39 is 20.7 Å². The Labute approximate surface area is 181 Å². The Balaban J connectivity index is 1.71. The van der Waals surface area contributed by atoms with Gasteiger partial charge in [-0.2, -0.15) is 0 Å². The summed E-state index contributed by atoms with van der Waals surface area (Å²) in [6.07, 6.45) is 5.01. The molecule has 0 unspecified atom stereocenters. The number of benzene rings is 1. The summed E-state index contributed by atoms with van der Waals surface area (Å²) in [6.45, 7) is 0.202. The maximum Gasteiger partial charge on any atom is 0.252 e. The number of aromatic nitrogens is 4. The molecule has 1 aromatic carbocycles. The highest BCUT2D eigenvalue weighted by Gasteiger charge is 2.18. The second-order valence-electron chi connectivity index (χ2n) is 6.61. The van der Waals surface area contributed by atoms with Crippen LogP contribution in [0.5, 0.6) is 0 Å². The van der Waals surface area contributed by atoms with Crippen molar-refractivity contribution < 1.29 is 12.8 Å². The number of primary sulfonamides is 1. The van der Waals surface area contributed by atoms with Crippen LogP contribution in [0.2, 0.25) is 0 Å². The highest BCUT2D eigenvalue weighted by atomic mass is 32.2. The molecule has 0 aliphatic rings. The Bertz CT molecular complexity index is 1450. The zero-order valence-electron chi connectivity index (χ0n) is 16.2. The molecule has 3 aromatic heterocycles. The highest BCUT2D eigenvalue weighted by Crippen LogP contribution is 2.25. The number of sulfonamides is 1. The summed E-state index contributed by atoms with van der Waals surface area (Å²) in [5.74, 6) is -0.961. The summed E-state index contributed by atoms with van der Waals surface area (Å²) in [6, 6.07) is 10.3. The van der Waals surface area contributed by atoms with Gasteiger partial charge in [0, 0.05) is 29.4 Å². The topological polar surface area (TPSA) is 121 Å². The van der Waals surface area contributed by atoms with Crippen molar-refractivity contribution in [3.05, 3.63) is 76.6 Å². The Morgan fingerprint density at radius 2 is 1.90 bits per heavy atom. The Hall–Kier alpha value is -3.15. The smallest absolute Gasteiger partial charge is 0.252 e. The number of halogens is 1. The summed E-state index contributed by atoms with van der Waals surface area (Å²) >= 11 is 1.37. The normalized spacial score (nSPS) is 11.7. The largest absolute Gasteiger partial charge is 0.288 e. The van der Waals surface area contributed by atoms with E-state index in [1.165, 1.54) is 40.7 Å². The third kappa shape index (κ3) is 4.20. The van der Waals surface area contributed by atoms with E-state index in [2.05, 4.69) is 15.0 Å². The number of fused-ring (bicyclic) bond motifs is 1. The van der Waals surface area contributed by atoms with Gasteiger partial charge in [-0.1, -0.05) is 23.9 Å². The SMILES string of the molecule is CSc1ncc2ccc(=O)n(Cc3ccc(-c4cccc(S(N)(=O)=O)c4F)nc3)c2n1. The molecule has 3 heterocycles. The van der Waals surface area contributed by atoms with Gasteiger partial charge in [0.1, 0.15) is 10.5 Å². The van der Waals surface area contributed by atoms with Crippen molar-refractivity contribution in [2.45, 2.75) is 16.6 Å². The Kier molecular flexibility index (Phi) is 5.56. The summed E-state index contributed by atoms with van der Waals surface area (Å²) in [5.41, 5.74) is 1.21. The molecule has 0 saturated carbocycles. The van der Waals surface area contributed by atoms with Gasteiger partial charge in [0.15, 0.2) is 11.0 Å². The lowest BCUT2D eigenvalue weighted by Crippen LogP contribution is -2.21. The maximum absolute atomic E-state index is 14.6. The van der Waals surface area contributed by atoms with Gasteiger partial charge in [-0.3, -0.25) is 14.3 Å². The van der Waals surface area contributed by atoms with Gasteiger partial charge in [-0.05, 0) is 36.1 Å². The van der Waals surface area contributed by atoms with E-state index in [4.69, 9.17) is 5.14 Å². The molecule has 11 heteroatoms. The molecule has 0 fully saturated rings. The first-order valence-electron chi connectivity index (χ1n) is 8.95. The first kappa shape index (κ1) is 21.1. The van der Waals surface area contributed by atoms with Gasteiger partial charge in [0.25, 0.3) is 5.56 Å². The minimum absolute atomic E-state index is 0.0118. The summed E-state index contributed by atoms with van der Waals surface area (Å²) in [7, 11) is -4.20. The molecule has 2 N–H and O–H groups in total. The fraction of sp³-hybridized carbons (Fsp3) is 0.100. The standard InChI is InChI=1S/C20H16FN5O3S2/c1-30-20-24-10-13-6-8-17(27)26(19(13)25-20)11-12-5-7-15(23-9-12)14-3-2-4-16(18(14)21)31(22,28)29/h2-10H,11H2,1H3,(H2,22,28,29). The second kappa shape index (κ2) is 8.17. The predicted molar refractivity (Wildman–Crippen MR) is 116 cm³/mol. The van der Waals surface area contributed by atoms with Crippen LogP contribution in [0.25, 0.3) is 22.3 Å². The molecular weight excluding hydrogens is 441 g/mol. The van der Waals surface area contributed by atoms with Crippen LogP contribution in [0.4, 0.5) is 4.39 Å². The minimum Gasteiger partial charge on any atom is -0.288 e. The maximum atomic E-state index is 14.6. The first-order valence-corrected chi connectivity index (χ1v) is 11.7. The lowest BCUT2D eigenvalue weighted by Gasteiger charge is -2.11. The van der Waals surface area contributed by atoms with Crippen LogP contribution in [0.15, 0.2) is 69.7 Å². The average Bonchev–Trinajstić information content (AvgIpc) is 2.75. The van der Waals surface area contributed by atoms with Crippen molar-refractivity contribution in [1.82, 2.24) is 19.5 Å². The van der Waals surface area contributed by atoms with Crippen LogP contribution in [0.1, 0.15) is 5.56 Å². The van der Waals surface area contributed by atoms with Gasteiger partial charge in [-0.25, -0.2) is 27.9 Å². The average molecular weight is 458 g/mol. The van der Waals surface area contributed by atoms with Crippen LogP contribution in [-0.4, -0.2) is 34.2 Å². The molecule has 8 nitrogen and oxygen atoms in total. The molecular formula is C20H16FN5O3S2. The summed E-state index contributed by atoms with van der Waals surface area (Å²) in [5, 5.41) is 6.34. The number of nitrogens with zero attached hydrogens (tertiary/aromatic N) is 4. The number of rotatable bonds is 5. The van der Waals surface area contributed by atoms with Crippen molar-refractivity contribution in [3.63, 3.8) is 0 Å². The van der Waals surface area contributed by atoms with E-state index in [0.717, 1.165) is 11.5 Å². The number of thioether (sulfide) groups is 1. The number of hydrogen-bond donors (Lipinski definition) is 1. The Morgan fingerprint density at radius 1 is 1.10 bits per heavy atom. The molecule has 4 aromatic rings. The number of pyridine rings is 2. The fourth-order valence-corrected chi connectivity index (χ4v) is 4.06. The third-order valence-corrected chi connectivity index (χ3v) is 6.08. The van der Waals surface area contributed by atoms with Gasteiger partial charge < -0.3 is 0 Å². The molecule has 4 rings (SSSR count). The quantitative estimate of drug-likeness (QED) is 0.361. The zero-order valence-corrected chi connectivity index (χ0v) is 17.8. The summed E-state index contributed by atoms with van der Waals surface area (Å²) in [4.78, 5) is 24.8. The predicted octanol–water partition coefficient (Wildman–Crippen LogP) is 2.41. The molecule has 0 aliphatic heterocycles. The van der Waals surface area contributed by atoms with E-state index in [1.54, 1.807) is 24.4 Å². The van der Waals surface area contributed by atoms with Crippen LogP contribution >= 0.6 is 11.8 Å². The van der Waals surface area contributed by atoms with Crippen molar-refractivity contribution in [2.24, 2.45) is 5.14 Å². The molecule has 158 valence electrons. The van der Waals surface area contributed by atoms with Crippen molar-refractivity contribution >= 4 is 32.8 Å². The van der Waals surface area contributed by atoms with Crippen LogP contribution in [0.3, 0.4) is 0 Å². The van der Waals surface area contributed by atoms with Crippen molar-refractivity contribution in [1.29, 1.82) is 0 Å². The highest BCUT2D eigenvalue weighted by molar-refractivity contribution is 7.98. The summed E-state index contributed by atoms with van der Waals surface area (Å²) < 4.78 is 39.3. The van der Waals surface area contributed by atoms with E-state index in [-0.39, 0.29) is 23.4 Å². The number of hydrogen-bond acceptors (Lipinski definition) is 7. The van der Waals surface area contributed by atoms with Crippen LogP contribution in [-0.2, 0) is 16.6 Å². The van der Waals surface area contributed by atoms with Gasteiger partial charge in [0.05, 0.1) is 12.2 Å². The molecule has 31 heavy (non-hydrogen) atoms. The van der Waals surface area contributed by atoms with Gasteiger partial charge in [0.2, 0.25) is 10.0 Å². The molecule has 0 aliphatic carbocycles. The Morgan fingerprint density at radius 3 is 2.58 bits per heavy atom. The lowest BCUT2D eigenvalue weighted by atomic mass is 10.1. The zero-order chi connectivity index (χ0) is 22.2.